The highest BCUT2D eigenvalue weighted by Crippen LogP contribution is 2.10. The van der Waals surface area contributed by atoms with Crippen molar-refractivity contribution in [2.75, 3.05) is 60.5 Å². The minimum atomic E-state index is -0.00407. The number of likely N-dealkylation sites (tertiary alicyclic amines) is 1. The molecule has 0 aromatic heterocycles. The number of carbonyl (C=O) groups excluding carboxylic acids is 1. The first-order valence-electron chi connectivity index (χ1n) is 8.53. The molecule has 1 aliphatic rings. The van der Waals surface area contributed by atoms with Crippen LogP contribution in [-0.4, -0.2) is 88.2 Å². The van der Waals surface area contributed by atoms with Crippen LogP contribution in [0.2, 0.25) is 0 Å². The number of nitrogens with zero attached hydrogens (tertiary/aromatic N) is 3. The summed E-state index contributed by atoms with van der Waals surface area (Å²) in [6.07, 6.45) is 3.41. The zero-order valence-electron chi connectivity index (χ0n) is 15.5. The Kier molecular flexibility index (Phi) is 13.3. The Labute approximate surface area is 163 Å². The number of hydrogen-bond acceptors (Lipinski definition) is 4. The molecule has 7 nitrogen and oxygen atoms in total. The average molecular weight is 455 g/mol. The van der Waals surface area contributed by atoms with Gasteiger partial charge in [0.1, 0.15) is 6.54 Å². The minimum Gasteiger partial charge on any atom is -0.383 e. The van der Waals surface area contributed by atoms with Gasteiger partial charge in [-0.05, 0) is 25.8 Å². The second-order valence-corrected chi connectivity index (χ2v) is 6.13. The van der Waals surface area contributed by atoms with E-state index in [0.29, 0.717) is 25.2 Å². The van der Waals surface area contributed by atoms with Crippen LogP contribution in [0.25, 0.3) is 0 Å². The van der Waals surface area contributed by atoms with Crippen molar-refractivity contribution in [3.8, 4) is 0 Å². The van der Waals surface area contributed by atoms with Crippen LogP contribution < -0.4 is 10.6 Å². The van der Waals surface area contributed by atoms with Crippen LogP contribution in [-0.2, 0) is 9.53 Å². The molecule has 1 saturated heterocycles. The van der Waals surface area contributed by atoms with Gasteiger partial charge in [0.15, 0.2) is 5.96 Å². The van der Waals surface area contributed by atoms with Gasteiger partial charge >= 0.3 is 0 Å². The van der Waals surface area contributed by atoms with Crippen molar-refractivity contribution < 1.29 is 9.53 Å². The van der Waals surface area contributed by atoms with Gasteiger partial charge in [0.25, 0.3) is 0 Å². The van der Waals surface area contributed by atoms with E-state index in [1.54, 1.807) is 26.1 Å². The maximum atomic E-state index is 11.7. The van der Waals surface area contributed by atoms with E-state index in [0.717, 1.165) is 25.9 Å². The Balaban J connectivity index is 0.00000529. The fourth-order valence-electron chi connectivity index (χ4n) is 2.52. The summed E-state index contributed by atoms with van der Waals surface area (Å²) in [6.45, 7) is 7.07. The molecule has 0 spiro atoms. The normalized spacial score (nSPS) is 16.4. The number of halogens is 1. The number of likely N-dealkylation sites (N-methyl/N-ethyl adjacent to an activating group) is 1. The van der Waals surface area contributed by atoms with Crippen molar-refractivity contribution >= 4 is 35.8 Å². The maximum absolute atomic E-state index is 11.7. The molecule has 1 amide bonds. The van der Waals surface area contributed by atoms with Crippen molar-refractivity contribution in [2.45, 2.75) is 32.2 Å². The molecule has 1 heterocycles. The summed E-state index contributed by atoms with van der Waals surface area (Å²) in [5.41, 5.74) is 0. The van der Waals surface area contributed by atoms with E-state index in [-0.39, 0.29) is 36.4 Å². The summed E-state index contributed by atoms with van der Waals surface area (Å²) >= 11 is 0. The van der Waals surface area contributed by atoms with Gasteiger partial charge in [0.2, 0.25) is 5.91 Å². The molecule has 2 N–H and O–H groups in total. The number of piperidine rings is 1. The smallest absolute Gasteiger partial charge is 0.243 e. The van der Waals surface area contributed by atoms with Crippen molar-refractivity contribution in [1.29, 1.82) is 0 Å². The van der Waals surface area contributed by atoms with Crippen molar-refractivity contribution in [3.63, 3.8) is 0 Å². The van der Waals surface area contributed by atoms with Gasteiger partial charge in [0, 0.05) is 46.9 Å². The van der Waals surface area contributed by atoms with Gasteiger partial charge in [0.05, 0.1) is 6.61 Å². The molecule has 142 valence electrons. The highest BCUT2D eigenvalue weighted by atomic mass is 127. The Morgan fingerprint density at radius 3 is 2.54 bits per heavy atom. The molecule has 0 atom stereocenters. The summed E-state index contributed by atoms with van der Waals surface area (Å²) in [4.78, 5) is 20.2. The molecule has 0 bridgehead atoms. The number of amides is 1. The predicted molar refractivity (Wildman–Crippen MR) is 109 cm³/mol. The topological polar surface area (TPSA) is 69.2 Å². The third-order valence-electron chi connectivity index (χ3n) is 3.94. The summed E-state index contributed by atoms with van der Waals surface area (Å²) in [5.74, 6) is 0.696. The van der Waals surface area contributed by atoms with Crippen LogP contribution in [0.1, 0.15) is 26.2 Å². The predicted octanol–water partition coefficient (Wildman–Crippen LogP) is 0.749. The van der Waals surface area contributed by atoms with Crippen molar-refractivity contribution in [1.82, 2.24) is 20.4 Å². The van der Waals surface area contributed by atoms with Crippen LogP contribution in [0, 0.1) is 0 Å². The van der Waals surface area contributed by atoms with Crippen LogP contribution in [0.3, 0.4) is 0 Å². The number of nitrogens with one attached hydrogen (secondary N) is 2. The highest BCUT2D eigenvalue weighted by Gasteiger charge is 2.19. The van der Waals surface area contributed by atoms with Crippen LogP contribution in [0.4, 0.5) is 0 Å². The van der Waals surface area contributed by atoms with E-state index in [2.05, 4.69) is 27.4 Å². The van der Waals surface area contributed by atoms with Crippen LogP contribution in [0.15, 0.2) is 4.99 Å². The maximum Gasteiger partial charge on any atom is 0.243 e. The molecule has 1 rings (SSSR count). The zero-order valence-corrected chi connectivity index (χ0v) is 17.8. The number of carbonyl (C=O) groups is 1. The van der Waals surface area contributed by atoms with Gasteiger partial charge < -0.3 is 25.2 Å². The van der Waals surface area contributed by atoms with E-state index in [1.807, 2.05) is 0 Å². The molecule has 1 aliphatic heterocycles. The summed E-state index contributed by atoms with van der Waals surface area (Å²) < 4.78 is 5.06. The number of methoxy groups -OCH3 is 1. The standard InChI is InChI=1S/C16H33N5O2.HI/c1-5-9-21-10-6-14(7-11-21)19-16(17-8-12-23-4)18-13-15(22)20(2)3;/h14H,5-13H2,1-4H3,(H2,17,18,19);1H. The molecular formula is C16H34IN5O2. The van der Waals surface area contributed by atoms with E-state index >= 15 is 0 Å². The lowest BCUT2D eigenvalue weighted by Gasteiger charge is -2.32. The third kappa shape index (κ3) is 9.63. The van der Waals surface area contributed by atoms with Crippen molar-refractivity contribution in [3.05, 3.63) is 0 Å². The van der Waals surface area contributed by atoms with Gasteiger partial charge in [-0.15, -0.1) is 24.0 Å². The molecule has 0 aromatic carbocycles. The van der Waals surface area contributed by atoms with E-state index in [1.165, 1.54) is 13.0 Å². The lowest BCUT2D eigenvalue weighted by molar-refractivity contribution is -0.127. The number of aliphatic imine (C=N–C) groups is 1. The molecule has 0 aromatic rings. The molecule has 0 radical (unpaired) electrons. The Hall–Kier alpha value is -0.610. The molecule has 24 heavy (non-hydrogen) atoms. The number of ether oxygens (including phenoxy) is 1. The number of rotatable bonds is 8. The second kappa shape index (κ2) is 13.7. The molecule has 1 fully saturated rings. The fourth-order valence-corrected chi connectivity index (χ4v) is 2.52. The van der Waals surface area contributed by atoms with E-state index in [4.69, 9.17) is 4.74 Å². The molecule has 0 saturated carbocycles. The number of hydrogen-bond donors (Lipinski definition) is 2. The zero-order chi connectivity index (χ0) is 17.1. The van der Waals surface area contributed by atoms with E-state index in [9.17, 15) is 4.79 Å². The number of guanidine groups is 1. The van der Waals surface area contributed by atoms with Gasteiger partial charge in [-0.3, -0.25) is 4.79 Å². The van der Waals surface area contributed by atoms with Crippen LogP contribution >= 0.6 is 24.0 Å². The van der Waals surface area contributed by atoms with Gasteiger partial charge in [-0.25, -0.2) is 4.99 Å². The fraction of sp³-hybridized carbons (Fsp3) is 0.875. The average Bonchev–Trinajstić information content (AvgIpc) is 2.54. The van der Waals surface area contributed by atoms with Crippen molar-refractivity contribution in [2.24, 2.45) is 4.99 Å². The van der Waals surface area contributed by atoms with Gasteiger partial charge in [-0.2, -0.15) is 0 Å². The molecule has 0 unspecified atom stereocenters. The third-order valence-corrected chi connectivity index (χ3v) is 3.94. The lowest BCUT2D eigenvalue weighted by atomic mass is 10.1. The quantitative estimate of drug-likeness (QED) is 0.245. The summed E-state index contributed by atoms with van der Waals surface area (Å²) in [5, 5.41) is 6.69. The molecule has 0 aliphatic carbocycles. The SMILES string of the molecule is CCCN1CCC(NC(=NCC(=O)N(C)C)NCCOC)CC1.I. The first kappa shape index (κ1) is 23.4. The minimum absolute atomic E-state index is 0. The summed E-state index contributed by atoms with van der Waals surface area (Å²) in [7, 11) is 5.16. The Bertz CT molecular complexity index is 371. The first-order chi connectivity index (χ1) is 11.1. The van der Waals surface area contributed by atoms with Crippen LogP contribution in [0.5, 0.6) is 0 Å². The van der Waals surface area contributed by atoms with E-state index < -0.39 is 0 Å². The Morgan fingerprint density at radius 2 is 2.00 bits per heavy atom. The Morgan fingerprint density at radius 1 is 1.33 bits per heavy atom. The molecular weight excluding hydrogens is 421 g/mol. The largest absolute Gasteiger partial charge is 0.383 e. The lowest BCUT2D eigenvalue weighted by Crippen LogP contribution is -2.49. The first-order valence-corrected chi connectivity index (χ1v) is 8.53. The molecule has 8 heteroatoms. The monoisotopic (exact) mass is 455 g/mol. The highest BCUT2D eigenvalue weighted by molar-refractivity contribution is 14.0. The second-order valence-electron chi connectivity index (χ2n) is 6.13. The van der Waals surface area contributed by atoms with Gasteiger partial charge in [-0.1, -0.05) is 6.92 Å². The summed E-state index contributed by atoms with van der Waals surface area (Å²) in [6, 6.07) is 0.409.